The number of imidazole rings is 1. The van der Waals surface area contributed by atoms with Gasteiger partial charge in [-0.25, -0.2) is 9.37 Å². The number of hydrogen-bond donors (Lipinski definition) is 3. The van der Waals surface area contributed by atoms with Gasteiger partial charge in [-0.15, -0.1) is 24.8 Å². The van der Waals surface area contributed by atoms with Crippen LogP contribution in [0.5, 0.6) is 0 Å². The smallest absolute Gasteiger partial charge is 0.223 e. The van der Waals surface area contributed by atoms with Gasteiger partial charge in [-0.3, -0.25) is 4.79 Å². The third kappa shape index (κ3) is 4.09. The highest BCUT2D eigenvalue weighted by Crippen LogP contribution is 2.24. The molecule has 3 rings (SSSR count). The lowest BCUT2D eigenvalue weighted by Crippen LogP contribution is -2.30. The first-order valence-electron chi connectivity index (χ1n) is 6.79. The highest BCUT2D eigenvalue weighted by Gasteiger charge is 2.27. The third-order valence-corrected chi connectivity index (χ3v) is 3.77. The molecule has 2 atom stereocenters. The van der Waals surface area contributed by atoms with Crippen molar-refractivity contribution >= 4 is 41.8 Å². The average molecular weight is 349 g/mol. The van der Waals surface area contributed by atoms with E-state index >= 15 is 0 Å². The minimum atomic E-state index is -0.309. The summed E-state index contributed by atoms with van der Waals surface area (Å²) in [4.78, 5) is 19.3. The molecule has 1 saturated carbocycles. The molecule has 1 amide bonds. The van der Waals surface area contributed by atoms with Gasteiger partial charge in [-0.1, -0.05) is 0 Å². The van der Waals surface area contributed by atoms with Crippen molar-refractivity contribution in [1.29, 1.82) is 0 Å². The van der Waals surface area contributed by atoms with Crippen molar-refractivity contribution in [3.05, 3.63) is 29.8 Å². The van der Waals surface area contributed by atoms with Crippen LogP contribution in [0.1, 0.15) is 25.1 Å². The number of H-pyrrole nitrogens is 1. The predicted octanol–water partition coefficient (Wildman–Crippen LogP) is 2.29. The zero-order chi connectivity index (χ0) is 14.1. The second-order valence-electron chi connectivity index (χ2n) is 5.33. The van der Waals surface area contributed by atoms with Crippen LogP contribution < -0.4 is 11.1 Å². The Labute approximate surface area is 140 Å². The fraction of sp³-hybridized carbons (Fsp3) is 0.429. The zero-order valence-corrected chi connectivity index (χ0v) is 13.5. The number of aromatic nitrogens is 2. The Bertz CT molecular complexity index is 649. The highest BCUT2D eigenvalue weighted by molar-refractivity contribution is 5.85. The van der Waals surface area contributed by atoms with Crippen molar-refractivity contribution < 1.29 is 9.18 Å². The Hall–Kier alpha value is -1.37. The van der Waals surface area contributed by atoms with E-state index in [2.05, 4.69) is 15.3 Å². The van der Waals surface area contributed by atoms with E-state index in [0.717, 1.165) is 19.3 Å². The number of carbonyl (C=O) groups is 1. The van der Waals surface area contributed by atoms with Crippen molar-refractivity contribution in [2.75, 3.05) is 0 Å². The molecule has 22 heavy (non-hydrogen) atoms. The topological polar surface area (TPSA) is 83.8 Å². The second-order valence-corrected chi connectivity index (χ2v) is 5.33. The number of benzene rings is 1. The average Bonchev–Trinajstić information content (AvgIpc) is 3.01. The molecule has 5 nitrogen and oxygen atoms in total. The van der Waals surface area contributed by atoms with Gasteiger partial charge in [0.2, 0.25) is 5.91 Å². The number of amides is 1. The van der Waals surface area contributed by atoms with Gasteiger partial charge in [0.15, 0.2) is 0 Å². The summed E-state index contributed by atoms with van der Waals surface area (Å²) < 4.78 is 13.1. The van der Waals surface area contributed by atoms with Crippen molar-refractivity contribution in [2.45, 2.75) is 31.8 Å². The first kappa shape index (κ1) is 18.7. The summed E-state index contributed by atoms with van der Waals surface area (Å²) >= 11 is 0. The van der Waals surface area contributed by atoms with Gasteiger partial charge >= 0.3 is 0 Å². The molecule has 1 fully saturated rings. The number of aromatic amines is 1. The number of nitrogens with zero attached hydrogens (tertiary/aromatic N) is 1. The SMILES string of the molecule is Cl.Cl.NC1CCC(C(=O)NCc2nc3ccc(F)cc3[nH]2)C1. The van der Waals surface area contributed by atoms with Crippen molar-refractivity contribution in [3.8, 4) is 0 Å². The van der Waals surface area contributed by atoms with Gasteiger partial charge in [-0.05, 0) is 37.5 Å². The van der Waals surface area contributed by atoms with Crippen LogP contribution in [0.15, 0.2) is 18.2 Å². The van der Waals surface area contributed by atoms with Crippen LogP contribution in [0.4, 0.5) is 4.39 Å². The molecule has 0 saturated heterocycles. The molecule has 1 aliphatic rings. The summed E-state index contributed by atoms with van der Waals surface area (Å²) in [5.74, 6) is 0.342. The summed E-state index contributed by atoms with van der Waals surface area (Å²) in [6.07, 6.45) is 2.50. The fourth-order valence-corrected chi connectivity index (χ4v) is 2.69. The van der Waals surface area contributed by atoms with Crippen molar-refractivity contribution in [1.82, 2.24) is 15.3 Å². The summed E-state index contributed by atoms with van der Waals surface area (Å²) in [7, 11) is 0. The van der Waals surface area contributed by atoms with E-state index in [1.54, 1.807) is 6.07 Å². The number of hydrogen-bond acceptors (Lipinski definition) is 3. The van der Waals surface area contributed by atoms with Crippen LogP contribution in [0.2, 0.25) is 0 Å². The molecular weight excluding hydrogens is 330 g/mol. The van der Waals surface area contributed by atoms with Crippen molar-refractivity contribution in [3.63, 3.8) is 0 Å². The maximum absolute atomic E-state index is 13.1. The van der Waals surface area contributed by atoms with Crippen LogP contribution in [0.25, 0.3) is 11.0 Å². The predicted molar refractivity (Wildman–Crippen MR) is 87.7 cm³/mol. The number of rotatable bonds is 3. The van der Waals surface area contributed by atoms with Gasteiger partial charge in [-0.2, -0.15) is 0 Å². The summed E-state index contributed by atoms with van der Waals surface area (Å²) in [5.41, 5.74) is 7.13. The molecule has 0 aliphatic heterocycles. The molecule has 0 spiro atoms. The van der Waals surface area contributed by atoms with E-state index in [9.17, 15) is 9.18 Å². The Morgan fingerprint density at radius 2 is 2.18 bits per heavy atom. The molecule has 8 heteroatoms. The van der Waals surface area contributed by atoms with Gasteiger partial charge in [0.1, 0.15) is 11.6 Å². The second kappa shape index (κ2) is 7.76. The summed E-state index contributed by atoms with van der Waals surface area (Å²) in [6, 6.07) is 4.51. The fourth-order valence-electron chi connectivity index (χ4n) is 2.69. The minimum absolute atomic E-state index is 0. The minimum Gasteiger partial charge on any atom is -0.349 e. The van der Waals surface area contributed by atoms with E-state index in [-0.39, 0.29) is 48.5 Å². The van der Waals surface area contributed by atoms with Crippen LogP contribution in [-0.4, -0.2) is 21.9 Å². The number of nitrogens with one attached hydrogen (secondary N) is 2. The number of nitrogens with two attached hydrogens (primary N) is 1. The van der Waals surface area contributed by atoms with E-state index in [4.69, 9.17) is 5.73 Å². The van der Waals surface area contributed by atoms with Crippen LogP contribution >= 0.6 is 24.8 Å². The number of carbonyl (C=O) groups excluding carboxylic acids is 1. The largest absolute Gasteiger partial charge is 0.349 e. The quantitative estimate of drug-likeness (QED) is 0.795. The Morgan fingerprint density at radius 1 is 1.41 bits per heavy atom. The van der Waals surface area contributed by atoms with E-state index in [1.807, 2.05) is 0 Å². The summed E-state index contributed by atoms with van der Waals surface area (Å²) in [5, 5.41) is 2.86. The number of fused-ring (bicyclic) bond motifs is 1. The lowest BCUT2D eigenvalue weighted by atomic mass is 10.1. The van der Waals surface area contributed by atoms with E-state index in [0.29, 0.717) is 23.4 Å². The lowest BCUT2D eigenvalue weighted by Gasteiger charge is -2.09. The maximum atomic E-state index is 13.1. The van der Waals surface area contributed by atoms with Crippen LogP contribution in [-0.2, 0) is 11.3 Å². The Morgan fingerprint density at radius 3 is 2.86 bits per heavy atom. The summed E-state index contributed by atoms with van der Waals surface area (Å²) in [6.45, 7) is 0.320. The van der Waals surface area contributed by atoms with E-state index in [1.165, 1.54) is 12.1 Å². The standard InChI is InChI=1S/C14H17FN4O.2ClH/c15-9-2-4-11-12(6-9)19-13(18-11)7-17-14(20)8-1-3-10(16)5-8;;/h2,4,6,8,10H,1,3,5,7,16H2,(H,17,20)(H,18,19);2*1H. The van der Waals surface area contributed by atoms with Crippen molar-refractivity contribution in [2.24, 2.45) is 11.7 Å². The lowest BCUT2D eigenvalue weighted by molar-refractivity contribution is -0.125. The van der Waals surface area contributed by atoms with Crippen LogP contribution in [0.3, 0.4) is 0 Å². The molecule has 1 aromatic heterocycles. The van der Waals surface area contributed by atoms with Gasteiger partial charge in [0.25, 0.3) is 0 Å². The molecule has 2 unspecified atom stereocenters. The molecular formula is C14H19Cl2FN4O. The molecule has 0 radical (unpaired) electrons. The molecule has 0 bridgehead atoms. The molecule has 1 aliphatic carbocycles. The monoisotopic (exact) mass is 348 g/mol. The highest BCUT2D eigenvalue weighted by atomic mass is 35.5. The molecule has 122 valence electrons. The molecule has 4 N–H and O–H groups in total. The Balaban J connectivity index is 0.00000121. The zero-order valence-electron chi connectivity index (χ0n) is 11.8. The van der Waals surface area contributed by atoms with Gasteiger partial charge in [0.05, 0.1) is 17.6 Å². The van der Waals surface area contributed by atoms with Gasteiger partial charge < -0.3 is 16.0 Å². The molecule has 2 aromatic rings. The van der Waals surface area contributed by atoms with Gasteiger partial charge in [0, 0.05) is 12.0 Å². The van der Waals surface area contributed by atoms with E-state index < -0.39 is 0 Å². The van der Waals surface area contributed by atoms with Crippen LogP contribution in [0, 0.1) is 11.7 Å². The third-order valence-electron chi connectivity index (χ3n) is 3.77. The Kier molecular flexibility index (Phi) is 6.59. The number of halogens is 3. The maximum Gasteiger partial charge on any atom is 0.223 e. The molecule has 1 heterocycles. The first-order chi connectivity index (χ1) is 9.61. The normalized spacial score (nSPS) is 20.3. The first-order valence-corrected chi connectivity index (χ1v) is 6.79. The molecule has 1 aromatic carbocycles.